The third-order valence-corrected chi connectivity index (χ3v) is 4.64. The van der Waals surface area contributed by atoms with Crippen LogP contribution in [0.25, 0.3) is 0 Å². The molecular weight excluding hydrogens is 290 g/mol. The molecule has 0 aromatic heterocycles. The molecule has 19 heavy (non-hydrogen) atoms. The zero-order valence-corrected chi connectivity index (χ0v) is 12.3. The lowest BCUT2D eigenvalue weighted by Gasteiger charge is -2.22. The zero-order valence-electron chi connectivity index (χ0n) is 10.8. The number of rotatable bonds is 3. The van der Waals surface area contributed by atoms with Gasteiger partial charge in [0.2, 0.25) is 11.8 Å². The van der Waals surface area contributed by atoms with Gasteiger partial charge in [0.25, 0.3) is 0 Å². The van der Waals surface area contributed by atoms with Crippen LogP contribution in [0.4, 0.5) is 5.69 Å². The molecule has 0 heterocycles. The summed E-state index contributed by atoms with van der Waals surface area (Å²) in [6, 6.07) is 6.16. The zero-order chi connectivity index (χ0) is 14.8. The fourth-order valence-electron chi connectivity index (χ4n) is 1.67. The van der Waals surface area contributed by atoms with Gasteiger partial charge in [-0.05, 0) is 6.07 Å². The summed E-state index contributed by atoms with van der Waals surface area (Å²) in [5, 5.41) is 0. The third kappa shape index (κ3) is 3.54. The Kier molecular flexibility index (Phi) is 4.70. The molecule has 1 atom stereocenters. The van der Waals surface area contributed by atoms with Crippen LogP contribution in [0.3, 0.4) is 0 Å². The van der Waals surface area contributed by atoms with Crippen LogP contribution in [0, 0.1) is 0 Å². The number of halogens is 1. The molecule has 0 radical (unpaired) electrons. The van der Waals surface area contributed by atoms with Gasteiger partial charge in [-0.25, -0.2) is 8.42 Å². The number of carbonyl (C=O) groups is 2. The van der Waals surface area contributed by atoms with Gasteiger partial charge in [-0.3, -0.25) is 14.5 Å². The lowest BCUT2D eigenvalue weighted by molar-refractivity contribution is -0.124. The number of anilines is 1. The minimum Gasteiger partial charge on any atom is -0.274 e. The van der Waals surface area contributed by atoms with Crippen molar-refractivity contribution in [3.05, 3.63) is 29.8 Å². The number of hydrogen-bond donors (Lipinski definition) is 0. The van der Waals surface area contributed by atoms with E-state index >= 15 is 0 Å². The highest BCUT2D eigenvalue weighted by molar-refractivity contribution is 7.92. The second-order valence-corrected chi connectivity index (χ2v) is 6.90. The predicted molar refractivity (Wildman–Crippen MR) is 73.7 cm³/mol. The van der Waals surface area contributed by atoms with Crippen LogP contribution >= 0.6 is 11.6 Å². The number of sulfone groups is 1. The Morgan fingerprint density at radius 3 is 2.05 bits per heavy atom. The number of hydrogen-bond acceptors (Lipinski definition) is 4. The van der Waals surface area contributed by atoms with Crippen LogP contribution < -0.4 is 4.90 Å². The number of carbonyl (C=O) groups excluding carboxylic acids is 2. The van der Waals surface area contributed by atoms with Crippen molar-refractivity contribution in [1.82, 2.24) is 0 Å². The SMILES string of the molecule is CC(=O)N(C(C)=O)c1ccccc1C(Cl)S(C)(=O)=O. The molecule has 1 aromatic rings. The summed E-state index contributed by atoms with van der Waals surface area (Å²) < 4.78 is 21.7. The Morgan fingerprint density at radius 1 is 1.16 bits per heavy atom. The van der Waals surface area contributed by atoms with Gasteiger partial charge in [0.1, 0.15) is 0 Å². The fourth-order valence-corrected chi connectivity index (χ4v) is 2.52. The van der Waals surface area contributed by atoms with Gasteiger partial charge in [-0.2, -0.15) is 0 Å². The van der Waals surface area contributed by atoms with Crippen molar-refractivity contribution in [1.29, 1.82) is 0 Å². The van der Waals surface area contributed by atoms with Crippen LogP contribution in [0.2, 0.25) is 0 Å². The maximum absolute atomic E-state index is 11.5. The molecule has 0 N–H and O–H groups in total. The van der Waals surface area contributed by atoms with E-state index in [0.717, 1.165) is 11.2 Å². The van der Waals surface area contributed by atoms with E-state index < -0.39 is 26.4 Å². The van der Waals surface area contributed by atoms with Crippen molar-refractivity contribution in [3.63, 3.8) is 0 Å². The van der Waals surface area contributed by atoms with Gasteiger partial charge in [0.05, 0.1) is 5.69 Å². The monoisotopic (exact) mass is 303 g/mol. The van der Waals surface area contributed by atoms with Gasteiger partial charge < -0.3 is 0 Å². The highest BCUT2D eigenvalue weighted by Crippen LogP contribution is 2.34. The molecule has 0 bridgehead atoms. The van der Waals surface area contributed by atoms with E-state index in [1.165, 1.54) is 26.0 Å². The van der Waals surface area contributed by atoms with Gasteiger partial charge in [0.15, 0.2) is 14.5 Å². The molecule has 0 aliphatic carbocycles. The van der Waals surface area contributed by atoms with E-state index in [1.807, 2.05) is 0 Å². The van der Waals surface area contributed by atoms with Gasteiger partial charge in [-0.1, -0.05) is 18.2 Å². The standard InChI is InChI=1S/C12H14ClNO4S/c1-8(15)14(9(2)16)11-7-5-4-6-10(11)12(13)19(3,17)18/h4-7,12H,1-3H3. The quantitative estimate of drug-likeness (QED) is 0.799. The molecule has 1 unspecified atom stereocenters. The first-order valence-corrected chi connectivity index (χ1v) is 7.78. The molecule has 0 saturated carbocycles. The van der Waals surface area contributed by atoms with E-state index in [-0.39, 0.29) is 11.3 Å². The van der Waals surface area contributed by atoms with Gasteiger partial charge in [-0.15, -0.1) is 11.6 Å². The summed E-state index contributed by atoms with van der Waals surface area (Å²) in [7, 11) is -3.55. The molecule has 7 heteroatoms. The Hall–Kier alpha value is -1.40. The van der Waals surface area contributed by atoms with Crippen LogP contribution in [0.5, 0.6) is 0 Å². The Labute approximate surface area is 117 Å². The summed E-state index contributed by atoms with van der Waals surface area (Å²) in [6.07, 6.45) is 0.993. The summed E-state index contributed by atoms with van der Waals surface area (Å²) in [6.45, 7) is 2.45. The summed E-state index contributed by atoms with van der Waals surface area (Å²) in [4.78, 5) is 23.9. The van der Waals surface area contributed by atoms with E-state index in [1.54, 1.807) is 12.1 Å². The second kappa shape index (κ2) is 5.71. The molecule has 5 nitrogen and oxygen atoms in total. The average molecular weight is 304 g/mol. The predicted octanol–water partition coefficient (Wildman–Crippen LogP) is 1.87. The minimum atomic E-state index is -3.55. The minimum absolute atomic E-state index is 0.188. The Morgan fingerprint density at radius 2 is 1.63 bits per heavy atom. The van der Waals surface area contributed by atoms with Crippen LogP contribution in [0.1, 0.15) is 24.1 Å². The normalized spacial score (nSPS) is 12.8. The first kappa shape index (κ1) is 15.7. The number of nitrogens with zero attached hydrogens (tertiary/aromatic N) is 1. The van der Waals surface area contributed by atoms with Gasteiger partial charge in [0, 0.05) is 25.7 Å². The molecule has 0 aliphatic heterocycles. The topological polar surface area (TPSA) is 71.5 Å². The number of para-hydroxylation sites is 1. The van der Waals surface area contributed by atoms with Gasteiger partial charge >= 0.3 is 0 Å². The van der Waals surface area contributed by atoms with Crippen molar-refractivity contribution in [2.75, 3.05) is 11.2 Å². The van der Waals surface area contributed by atoms with E-state index in [0.29, 0.717) is 0 Å². The smallest absolute Gasteiger partial charge is 0.230 e. The van der Waals surface area contributed by atoms with E-state index in [4.69, 9.17) is 11.6 Å². The first-order valence-electron chi connectivity index (χ1n) is 5.39. The largest absolute Gasteiger partial charge is 0.274 e. The third-order valence-electron chi connectivity index (χ3n) is 2.43. The molecule has 1 rings (SSSR count). The number of amides is 2. The lowest BCUT2D eigenvalue weighted by Crippen LogP contribution is -2.34. The van der Waals surface area contributed by atoms with Crippen molar-refractivity contribution in [2.45, 2.75) is 18.6 Å². The van der Waals surface area contributed by atoms with E-state index in [2.05, 4.69) is 0 Å². The molecule has 0 spiro atoms. The van der Waals surface area contributed by atoms with Crippen molar-refractivity contribution >= 4 is 38.9 Å². The lowest BCUT2D eigenvalue weighted by atomic mass is 10.1. The Bertz CT molecular complexity index is 598. The molecule has 2 amide bonds. The number of alkyl halides is 1. The Balaban J connectivity index is 3.45. The fraction of sp³-hybridized carbons (Fsp3) is 0.333. The molecule has 0 aliphatic rings. The summed E-state index contributed by atoms with van der Waals surface area (Å²) in [5.74, 6) is -1.00. The number of benzene rings is 1. The molecule has 1 aromatic carbocycles. The van der Waals surface area contributed by atoms with Crippen LogP contribution in [0.15, 0.2) is 24.3 Å². The molecule has 0 saturated heterocycles. The first-order chi connectivity index (χ1) is 8.66. The molecule has 104 valence electrons. The molecular formula is C12H14ClNO4S. The van der Waals surface area contributed by atoms with E-state index in [9.17, 15) is 18.0 Å². The van der Waals surface area contributed by atoms with Crippen molar-refractivity contribution < 1.29 is 18.0 Å². The van der Waals surface area contributed by atoms with Crippen molar-refractivity contribution in [2.24, 2.45) is 0 Å². The average Bonchev–Trinajstić information content (AvgIpc) is 2.26. The summed E-state index contributed by atoms with van der Waals surface area (Å²) in [5.41, 5.74) is 0.394. The summed E-state index contributed by atoms with van der Waals surface area (Å²) >= 11 is 5.90. The van der Waals surface area contributed by atoms with Crippen LogP contribution in [-0.2, 0) is 19.4 Å². The highest BCUT2D eigenvalue weighted by Gasteiger charge is 2.27. The number of imide groups is 1. The van der Waals surface area contributed by atoms with Crippen LogP contribution in [-0.4, -0.2) is 26.5 Å². The van der Waals surface area contributed by atoms with Crippen molar-refractivity contribution in [3.8, 4) is 0 Å². The second-order valence-electron chi connectivity index (χ2n) is 4.08. The maximum atomic E-state index is 11.5. The highest BCUT2D eigenvalue weighted by atomic mass is 35.5. The maximum Gasteiger partial charge on any atom is 0.230 e. The molecule has 0 fully saturated rings.